The van der Waals surface area contributed by atoms with Crippen LogP contribution in [0.2, 0.25) is 0 Å². The Morgan fingerprint density at radius 3 is 1.42 bits per heavy atom. The summed E-state index contributed by atoms with van der Waals surface area (Å²) < 4.78 is 25.9. The monoisotopic (exact) mass is 774 g/mol. The van der Waals surface area contributed by atoms with Gasteiger partial charge in [-0.05, 0) is 23.3 Å². The first kappa shape index (κ1) is 28.4. The molecular weight excluding hydrogens is 774 g/mol. The van der Waals surface area contributed by atoms with Gasteiger partial charge in [-0.2, -0.15) is 8.42 Å². The fourth-order valence-electron chi connectivity index (χ4n) is 7.48. The van der Waals surface area contributed by atoms with Gasteiger partial charge in [-0.15, -0.1) is 46.4 Å². The molecule has 4 bridgehead atoms. The number of carbonyl (C=O) groups is 1. The average molecular weight is 780 g/mol. The fraction of sp³-hybridized carbons (Fsp3) is 0.476. The van der Waals surface area contributed by atoms with Crippen LogP contribution in [0.25, 0.3) is 0 Å². The van der Waals surface area contributed by atoms with Gasteiger partial charge < -0.3 is 4.18 Å². The number of rotatable bonds is 0. The summed E-state index contributed by atoms with van der Waals surface area (Å²) in [5, 5.41) is -0.529. The summed E-state index contributed by atoms with van der Waals surface area (Å²) in [6.45, 7) is 0. The minimum atomic E-state index is -4.45. The Balaban J connectivity index is 1.67. The molecule has 17 heteroatoms. The maximum Gasteiger partial charge on any atom is 0.355 e. The molecule has 1 aliphatic heterocycles. The number of benzene rings is 1. The normalized spacial score (nSPS) is 47.7. The van der Waals surface area contributed by atoms with Crippen molar-refractivity contribution in [2.24, 2.45) is 11.8 Å². The Labute approximate surface area is 275 Å². The highest BCUT2D eigenvalue weighted by Crippen LogP contribution is 2.88. The molecule has 6 aliphatic rings. The molecule has 0 unspecified atom stereocenters. The predicted molar refractivity (Wildman–Crippen MR) is 152 cm³/mol. The van der Waals surface area contributed by atoms with Crippen molar-refractivity contribution >= 4 is 155 Å². The molecule has 2 fully saturated rings. The molecule has 38 heavy (non-hydrogen) atoms. The molecule has 5 aliphatic carbocycles. The number of hydrogen-bond donors (Lipinski definition) is 0. The lowest BCUT2D eigenvalue weighted by atomic mass is 9.57. The molecule has 0 radical (unpaired) electrons. The Morgan fingerprint density at radius 1 is 0.632 bits per heavy atom. The first-order valence-electron chi connectivity index (χ1n) is 10.5. The zero-order valence-corrected chi connectivity index (χ0v) is 27.4. The van der Waals surface area contributed by atoms with Crippen molar-refractivity contribution in [3.05, 3.63) is 49.0 Å². The van der Waals surface area contributed by atoms with Crippen molar-refractivity contribution < 1.29 is 17.4 Å². The van der Waals surface area contributed by atoms with E-state index in [4.69, 9.17) is 139 Å². The average Bonchev–Trinajstić information content (AvgIpc) is 3.28. The molecule has 1 aromatic rings. The van der Waals surface area contributed by atoms with Crippen LogP contribution < -0.4 is 0 Å². The summed E-state index contributed by atoms with van der Waals surface area (Å²) in [7, 11) is -4.45. The van der Waals surface area contributed by atoms with E-state index in [9.17, 15) is 13.2 Å². The van der Waals surface area contributed by atoms with Crippen molar-refractivity contribution in [1.82, 2.24) is 0 Å². The van der Waals surface area contributed by atoms with E-state index in [1.54, 1.807) is 0 Å². The van der Waals surface area contributed by atoms with Gasteiger partial charge in [0.15, 0.2) is 8.67 Å². The molecule has 204 valence electrons. The van der Waals surface area contributed by atoms with Crippen LogP contribution in [-0.4, -0.2) is 42.6 Å². The fourth-order valence-corrected chi connectivity index (χ4v) is 14.6. The van der Waals surface area contributed by atoms with Crippen LogP contribution >= 0.6 is 139 Å². The zero-order valence-electron chi connectivity index (χ0n) is 17.5. The van der Waals surface area contributed by atoms with E-state index in [0.717, 1.165) is 0 Å². The maximum absolute atomic E-state index is 12.7. The highest BCUT2D eigenvalue weighted by Gasteiger charge is 2.91. The van der Waals surface area contributed by atoms with Crippen molar-refractivity contribution in [3.63, 3.8) is 0 Å². The van der Waals surface area contributed by atoms with Crippen molar-refractivity contribution in [3.8, 4) is 0 Å². The van der Waals surface area contributed by atoms with Crippen LogP contribution in [0.1, 0.15) is 33.3 Å². The summed E-state index contributed by atoms with van der Waals surface area (Å²) in [5.74, 6) is -5.15. The Morgan fingerprint density at radius 2 is 1.00 bits per heavy atom. The summed E-state index contributed by atoms with van der Waals surface area (Å²) >= 11 is 83.3. The van der Waals surface area contributed by atoms with Crippen molar-refractivity contribution in [1.29, 1.82) is 0 Å². The number of carbonyl (C=O) groups excluding carboxylic acids is 1. The SMILES string of the molecule is O=C1OS(=O)(=O)c2cc3c(cc21)[C@@H]1[C@H]([C@H]2[C@H]3[C@@]3(Cl)C(Cl)=C(Cl)[C@@]2(Cl)C3(Cl)Cl)[C@@]2(Cl)C(Cl)=C(Cl)[C@@]1(Cl)C2(Cl)Cl. The third kappa shape index (κ3) is 2.41. The molecule has 8 atom stereocenters. The minimum Gasteiger partial charge on any atom is -0.338 e. The molecule has 0 amide bonds. The smallest absolute Gasteiger partial charge is 0.338 e. The highest BCUT2D eigenvalue weighted by atomic mass is 35.5. The number of fused-ring (bicyclic) bond motifs is 15. The van der Waals surface area contributed by atoms with Gasteiger partial charge in [-0.3, -0.25) is 0 Å². The lowest BCUT2D eigenvalue weighted by Gasteiger charge is -2.52. The van der Waals surface area contributed by atoms with Gasteiger partial charge in [-0.1, -0.05) is 92.8 Å². The Bertz CT molecular complexity index is 1640. The maximum atomic E-state index is 12.7. The van der Waals surface area contributed by atoms with E-state index in [0.29, 0.717) is 5.56 Å². The molecule has 0 saturated heterocycles. The van der Waals surface area contributed by atoms with Gasteiger partial charge in [0.25, 0.3) is 0 Å². The van der Waals surface area contributed by atoms with Crippen LogP contribution in [0.4, 0.5) is 0 Å². The van der Waals surface area contributed by atoms with E-state index in [2.05, 4.69) is 4.18 Å². The quantitative estimate of drug-likeness (QED) is 0.196. The lowest BCUT2D eigenvalue weighted by molar-refractivity contribution is 0.0762. The Kier molecular flexibility index (Phi) is 5.56. The van der Waals surface area contributed by atoms with E-state index in [1.165, 1.54) is 12.1 Å². The second-order valence-corrected chi connectivity index (χ2v) is 18.1. The van der Waals surface area contributed by atoms with Crippen LogP contribution in [0.15, 0.2) is 37.2 Å². The van der Waals surface area contributed by atoms with Crippen LogP contribution in [0, 0.1) is 11.8 Å². The molecule has 0 spiro atoms. The van der Waals surface area contributed by atoms with Gasteiger partial charge in [0, 0.05) is 23.7 Å². The van der Waals surface area contributed by atoms with E-state index < -0.39 is 72.8 Å². The van der Waals surface area contributed by atoms with Gasteiger partial charge >= 0.3 is 16.1 Å². The van der Waals surface area contributed by atoms with Gasteiger partial charge in [0.1, 0.15) is 24.4 Å². The lowest BCUT2D eigenvalue weighted by Crippen LogP contribution is -2.53. The molecule has 1 aromatic carbocycles. The highest BCUT2D eigenvalue weighted by molar-refractivity contribution is 7.87. The molecule has 7 rings (SSSR count). The number of alkyl halides is 8. The number of allylic oxidation sites excluding steroid dienone is 4. The molecule has 4 nitrogen and oxygen atoms in total. The second-order valence-electron chi connectivity index (χ2n) is 10.1. The number of halogens is 12. The molecule has 0 N–H and O–H groups in total. The van der Waals surface area contributed by atoms with Crippen molar-refractivity contribution in [2.75, 3.05) is 0 Å². The van der Waals surface area contributed by atoms with Crippen LogP contribution in [0.3, 0.4) is 0 Å². The summed E-state index contributed by atoms with van der Waals surface area (Å²) in [5.41, 5.74) is 0.302. The third-order valence-corrected chi connectivity index (χ3v) is 18.7. The first-order valence-corrected chi connectivity index (χ1v) is 16.5. The third-order valence-electron chi connectivity index (χ3n) is 8.90. The zero-order chi connectivity index (χ0) is 28.1. The van der Waals surface area contributed by atoms with E-state index in [-0.39, 0.29) is 31.3 Å². The molecule has 2 saturated carbocycles. The summed E-state index contributed by atoms with van der Waals surface area (Å²) in [6, 6.07) is 2.55. The van der Waals surface area contributed by atoms with Gasteiger partial charge in [0.05, 0.1) is 25.7 Å². The number of hydrogen-bond acceptors (Lipinski definition) is 4. The van der Waals surface area contributed by atoms with E-state index >= 15 is 0 Å². The molecular formula is C21H6Cl12O4S. The van der Waals surface area contributed by atoms with E-state index in [1.807, 2.05) is 0 Å². The minimum absolute atomic E-state index is 0.125. The largest absolute Gasteiger partial charge is 0.355 e. The Hall–Kier alpha value is 1.60. The van der Waals surface area contributed by atoms with Crippen LogP contribution in [0.5, 0.6) is 0 Å². The first-order chi connectivity index (χ1) is 17.2. The second kappa shape index (κ2) is 7.45. The topological polar surface area (TPSA) is 60.4 Å². The predicted octanol–water partition coefficient (Wildman–Crippen LogP) is 8.65. The standard InChI is InChI=1S/C21H6Cl12O4S/c22-11-13(24)18(28)9-7(16(11,26)20(18,30)31)3-1-5-6(38(35,36)37-15(5)34)2-4(3)8-10(9)19(29)14(25)12(23)17(8,27)21(19,32)33/h1-2,7-10H/t7-,8+,9-,10-,16-,17-,18-,19-/m1/s1. The van der Waals surface area contributed by atoms with Crippen molar-refractivity contribution in [2.45, 2.75) is 44.9 Å². The van der Waals surface area contributed by atoms with Crippen LogP contribution in [-0.2, 0) is 14.3 Å². The summed E-state index contributed by atoms with van der Waals surface area (Å²) in [4.78, 5) is 4.64. The molecule has 1 heterocycles. The van der Waals surface area contributed by atoms with Gasteiger partial charge in [-0.25, -0.2) is 4.79 Å². The summed E-state index contributed by atoms with van der Waals surface area (Å²) in [6.07, 6.45) is 0. The molecule has 0 aromatic heterocycles. The van der Waals surface area contributed by atoms with Gasteiger partial charge in [0.2, 0.25) is 0 Å².